The number of unbranched alkanes of at least 4 members (excludes halogenated alkanes) is 29. The number of aliphatic hydroxyl groups excluding tert-OH is 8. The summed E-state index contributed by atoms with van der Waals surface area (Å²) in [6.07, 6.45) is 47.0. The predicted octanol–water partition coefficient (Wildman–Crippen LogP) is 11.3. The van der Waals surface area contributed by atoms with Crippen LogP contribution in [-0.2, 0) is 23.7 Å². The fraction of sp³-hybridized carbons (Fsp3) is 0.828. The topological polar surface area (TPSA) is 228 Å². The molecule has 0 aromatic rings. The molecular formula is C64H115NO13. The molecule has 0 bridgehead atoms. The number of nitrogens with one attached hydrogen (secondary N) is 1. The van der Waals surface area contributed by atoms with Crippen molar-refractivity contribution >= 4 is 5.91 Å². The number of hydrogen-bond acceptors (Lipinski definition) is 13. The van der Waals surface area contributed by atoms with Crippen LogP contribution < -0.4 is 5.32 Å². The number of amides is 1. The highest BCUT2D eigenvalue weighted by Crippen LogP contribution is 2.30. The first-order valence-corrected chi connectivity index (χ1v) is 31.5. The van der Waals surface area contributed by atoms with E-state index in [-0.39, 0.29) is 18.9 Å². The van der Waals surface area contributed by atoms with Gasteiger partial charge in [0.1, 0.15) is 48.8 Å². The average Bonchev–Trinajstić information content (AvgIpc) is 3.47. The van der Waals surface area contributed by atoms with Crippen molar-refractivity contribution in [3.8, 4) is 0 Å². The molecule has 0 radical (unpaired) electrons. The van der Waals surface area contributed by atoms with Crippen LogP contribution in [0.4, 0.5) is 0 Å². The minimum absolute atomic E-state index is 0.253. The van der Waals surface area contributed by atoms with Gasteiger partial charge in [0.15, 0.2) is 12.6 Å². The first kappa shape index (κ1) is 71.8. The lowest BCUT2D eigenvalue weighted by Crippen LogP contribution is -2.65. The summed E-state index contributed by atoms with van der Waals surface area (Å²) >= 11 is 0. The Kier molecular flexibility index (Phi) is 45.4. The maximum atomic E-state index is 13.3. The van der Waals surface area contributed by atoms with Crippen LogP contribution >= 0.6 is 0 Å². The maximum absolute atomic E-state index is 13.3. The van der Waals surface area contributed by atoms with Crippen molar-refractivity contribution in [2.45, 2.75) is 319 Å². The molecule has 2 saturated heterocycles. The fourth-order valence-corrected chi connectivity index (χ4v) is 10.1. The summed E-state index contributed by atoms with van der Waals surface area (Å²) in [5, 5.41) is 87.1. The second-order valence-electron chi connectivity index (χ2n) is 22.2. The van der Waals surface area contributed by atoms with Gasteiger partial charge in [-0.1, -0.05) is 222 Å². The minimum Gasteiger partial charge on any atom is -0.394 e. The van der Waals surface area contributed by atoms with Crippen LogP contribution in [0.2, 0.25) is 0 Å². The van der Waals surface area contributed by atoms with Crippen LogP contribution in [0.5, 0.6) is 0 Å². The standard InChI is InChI=1S/C64H115NO13/c1-3-5-7-9-11-13-15-17-19-20-21-22-23-24-25-26-27-28-29-30-31-32-34-36-38-40-42-44-46-48-56(69)65-52(53(68)47-45-43-41-39-37-35-33-18-16-14-12-10-8-6-4-2)51-75-63-61(74)59(72)62(55(50-67)77-63)78-64-60(73)58(71)57(70)54(49-66)76-64/h15-18,20-21,37,39,45,47,52-55,57-64,66-68,70-74H,3-14,19,22-36,38,40-44,46,48-51H2,1-2H3,(H,65,69)/b17-15-,18-16+,21-20-,39-37+,47-45+. The van der Waals surface area contributed by atoms with E-state index in [1.807, 2.05) is 6.08 Å². The molecule has 12 atom stereocenters. The molecule has 0 aliphatic carbocycles. The van der Waals surface area contributed by atoms with Gasteiger partial charge < -0.3 is 65.1 Å². The van der Waals surface area contributed by atoms with Gasteiger partial charge in [0.25, 0.3) is 0 Å². The highest BCUT2D eigenvalue weighted by molar-refractivity contribution is 5.76. The van der Waals surface area contributed by atoms with E-state index in [1.165, 1.54) is 161 Å². The van der Waals surface area contributed by atoms with Crippen molar-refractivity contribution in [2.24, 2.45) is 0 Å². The van der Waals surface area contributed by atoms with Crippen molar-refractivity contribution in [3.05, 3.63) is 60.8 Å². The fourth-order valence-electron chi connectivity index (χ4n) is 10.1. The number of aliphatic hydroxyl groups is 8. The Balaban J connectivity index is 1.70. The number of rotatable bonds is 50. The zero-order chi connectivity index (χ0) is 56.7. The van der Waals surface area contributed by atoms with Crippen molar-refractivity contribution in [1.82, 2.24) is 5.32 Å². The molecule has 2 aliphatic rings. The Bertz CT molecular complexity index is 1540. The zero-order valence-electron chi connectivity index (χ0n) is 48.9. The molecule has 1 amide bonds. The number of allylic oxidation sites excluding steroid dienone is 9. The Morgan fingerprint density at radius 3 is 1.33 bits per heavy atom. The van der Waals surface area contributed by atoms with Gasteiger partial charge >= 0.3 is 0 Å². The first-order chi connectivity index (χ1) is 38.1. The van der Waals surface area contributed by atoms with Gasteiger partial charge in [-0.05, 0) is 77.0 Å². The molecule has 0 spiro atoms. The highest BCUT2D eigenvalue weighted by Gasteiger charge is 2.51. The lowest BCUT2D eigenvalue weighted by molar-refractivity contribution is -0.359. The third-order valence-electron chi connectivity index (χ3n) is 15.2. The highest BCUT2D eigenvalue weighted by atomic mass is 16.7. The van der Waals surface area contributed by atoms with Gasteiger partial charge in [0.05, 0.1) is 32.0 Å². The predicted molar refractivity (Wildman–Crippen MR) is 314 cm³/mol. The molecule has 2 heterocycles. The van der Waals surface area contributed by atoms with Gasteiger partial charge in [-0.2, -0.15) is 0 Å². The Labute approximate surface area is 473 Å². The van der Waals surface area contributed by atoms with Crippen molar-refractivity contribution < 1.29 is 64.6 Å². The van der Waals surface area contributed by atoms with Gasteiger partial charge in [-0.25, -0.2) is 0 Å². The molecule has 0 aromatic heterocycles. The van der Waals surface area contributed by atoms with E-state index in [4.69, 9.17) is 18.9 Å². The van der Waals surface area contributed by atoms with Crippen LogP contribution in [0.15, 0.2) is 60.8 Å². The molecule has 2 rings (SSSR count). The summed E-state index contributed by atoms with van der Waals surface area (Å²) in [5.74, 6) is -0.253. The van der Waals surface area contributed by atoms with Crippen LogP contribution in [-0.4, -0.2) is 140 Å². The molecule has 2 aliphatic heterocycles. The number of hydrogen-bond donors (Lipinski definition) is 9. The van der Waals surface area contributed by atoms with E-state index in [0.717, 1.165) is 51.4 Å². The summed E-state index contributed by atoms with van der Waals surface area (Å²) in [4.78, 5) is 13.3. The Morgan fingerprint density at radius 1 is 0.462 bits per heavy atom. The Hall–Kier alpha value is -2.31. The van der Waals surface area contributed by atoms with Crippen molar-refractivity contribution in [1.29, 1.82) is 0 Å². The summed E-state index contributed by atoms with van der Waals surface area (Å²) < 4.78 is 22.8. The summed E-state index contributed by atoms with van der Waals surface area (Å²) in [6.45, 7) is 2.75. The van der Waals surface area contributed by atoms with Crippen LogP contribution in [0.25, 0.3) is 0 Å². The van der Waals surface area contributed by atoms with Gasteiger partial charge in [-0.15, -0.1) is 0 Å². The summed E-state index contributed by atoms with van der Waals surface area (Å²) in [5.41, 5.74) is 0. The van der Waals surface area contributed by atoms with E-state index < -0.39 is 86.8 Å². The van der Waals surface area contributed by atoms with Crippen LogP contribution in [0, 0.1) is 0 Å². The monoisotopic (exact) mass is 1110 g/mol. The van der Waals surface area contributed by atoms with E-state index in [0.29, 0.717) is 12.8 Å². The Morgan fingerprint density at radius 2 is 0.859 bits per heavy atom. The molecule has 2 fully saturated rings. The lowest BCUT2D eigenvalue weighted by Gasteiger charge is -2.46. The van der Waals surface area contributed by atoms with E-state index in [2.05, 4.69) is 67.8 Å². The SMILES string of the molecule is CCCCCCC/C=C\C/C=C\CCCCCCCCCCCCCCCCCCCC(=O)NC(COC1OC(CO)C(OC2OC(CO)C(O)C(O)C2O)C(O)C1O)C(O)/C=C/CC/C=C/CC/C=C/CCCCCCC. The largest absolute Gasteiger partial charge is 0.394 e. The number of carbonyl (C=O) groups excluding carboxylic acids is 1. The first-order valence-electron chi connectivity index (χ1n) is 31.5. The number of carbonyl (C=O) groups is 1. The minimum atomic E-state index is -1.79. The molecular weight excluding hydrogens is 991 g/mol. The van der Waals surface area contributed by atoms with Gasteiger partial charge in [0.2, 0.25) is 5.91 Å². The van der Waals surface area contributed by atoms with Crippen molar-refractivity contribution in [2.75, 3.05) is 19.8 Å². The summed E-state index contributed by atoms with van der Waals surface area (Å²) in [7, 11) is 0. The molecule has 454 valence electrons. The molecule has 12 unspecified atom stereocenters. The van der Waals surface area contributed by atoms with Gasteiger partial charge in [0, 0.05) is 6.42 Å². The zero-order valence-corrected chi connectivity index (χ0v) is 48.9. The van der Waals surface area contributed by atoms with E-state index >= 15 is 0 Å². The quantitative estimate of drug-likeness (QED) is 0.0204. The van der Waals surface area contributed by atoms with Crippen LogP contribution in [0.1, 0.15) is 245 Å². The maximum Gasteiger partial charge on any atom is 0.220 e. The van der Waals surface area contributed by atoms with Gasteiger partial charge in [-0.3, -0.25) is 4.79 Å². The smallest absolute Gasteiger partial charge is 0.220 e. The van der Waals surface area contributed by atoms with Crippen molar-refractivity contribution in [3.63, 3.8) is 0 Å². The third kappa shape index (κ3) is 34.2. The molecule has 14 nitrogen and oxygen atoms in total. The number of ether oxygens (including phenoxy) is 4. The summed E-state index contributed by atoms with van der Waals surface area (Å²) in [6, 6.07) is -0.938. The lowest BCUT2D eigenvalue weighted by atomic mass is 9.97. The van der Waals surface area contributed by atoms with Crippen LogP contribution in [0.3, 0.4) is 0 Å². The van der Waals surface area contributed by atoms with E-state index in [9.17, 15) is 45.6 Å². The molecule has 0 saturated carbocycles. The normalized spacial score (nSPS) is 24.9. The molecule has 9 N–H and O–H groups in total. The average molecular weight is 1110 g/mol. The molecule has 14 heteroatoms. The third-order valence-corrected chi connectivity index (χ3v) is 15.2. The van der Waals surface area contributed by atoms with E-state index in [1.54, 1.807) is 6.08 Å². The molecule has 78 heavy (non-hydrogen) atoms. The second-order valence-corrected chi connectivity index (χ2v) is 22.2. The second kappa shape index (κ2) is 49.3. The molecule has 0 aromatic carbocycles.